The molecule has 0 bridgehead atoms. The molecule has 1 aliphatic heterocycles. The Balaban J connectivity index is 1.39. The molecular weight excluding hydrogens is 576 g/mol. The van der Waals surface area contributed by atoms with Crippen molar-refractivity contribution in [1.82, 2.24) is 19.8 Å². The summed E-state index contributed by atoms with van der Waals surface area (Å²) in [4.78, 5) is 19.5. The van der Waals surface area contributed by atoms with Crippen molar-refractivity contribution in [3.05, 3.63) is 104 Å². The quantitative estimate of drug-likeness (QED) is 0.213. The Bertz CT molecular complexity index is 1630. The molecule has 0 saturated carbocycles. The number of amides is 1. The van der Waals surface area contributed by atoms with Crippen LogP contribution < -0.4 is 5.32 Å². The first-order chi connectivity index (χ1) is 18.4. The van der Waals surface area contributed by atoms with Crippen LogP contribution in [0.25, 0.3) is 17.0 Å². The highest BCUT2D eigenvalue weighted by atomic mass is 79.9. The summed E-state index contributed by atoms with van der Waals surface area (Å²) in [5.74, 6) is -1.81. The van der Waals surface area contributed by atoms with Crippen LogP contribution in [0.3, 0.4) is 0 Å². The number of fused-ring (bicyclic) bond motifs is 3. The van der Waals surface area contributed by atoms with Gasteiger partial charge in [-0.05, 0) is 57.4 Å². The summed E-state index contributed by atoms with van der Waals surface area (Å²) in [5.41, 5.74) is 4.03. The molecule has 0 spiro atoms. The van der Waals surface area contributed by atoms with E-state index in [-0.39, 0.29) is 22.6 Å². The van der Waals surface area contributed by atoms with Crippen LogP contribution in [0.15, 0.2) is 59.2 Å². The van der Waals surface area contributed by atoms with Crippen LogP contribution in [-0.4, -0.2) is 33.6 Å². The molecule has 1 N–H and O–H groups in total. The highest BCUT2D eigenvalue weighted by molar-refractivity contribution is 9.10. The molecule has 0 aliphatic carbocycles. The molecule has 1 aliphatic rings. The van der Waals surface area contributed by atoms with Crippen molar-refractivity contribution in [2.45, 2.75) is 19.5 Å². The highest BCUT2D eigenvalue weighted by Gasteiger charge is 2.26. The number of pyridine rings is 1. The summed E-state index contributed by atoms with van der Waals surface area (Å²) in [5, 5.41) is 13.6. The first kappa shape index (κ1) is 26.0. The van der Waals surface area contributed by atoms with Crippen molar-refractivity contribution in [2.24, 2.45) is 0 Å². The highest BCUT2D eigenvalue weighted by Crippen LogP contribution is 2.32. The van der Waals surface area contributed by atoms with Crippen LogP contribution in [-0.2, 0) is 19.5 Å². The monoisotopic (exact) mass is 595 g/mol. The number of carbonyl (C=O) groups excluding carboxylic acids is 1. The van der Waals surface area contributed by atoms with E-state index >= 15 is 0 Å². The van der Waals surface area contributed by atoms with Crippen LogP contribution in [0.4, 0.5) is 13.6 Å². The number of nitrogens with zero attached hydrogens (tertiary/aromatic N) is 4. The molecule has 0 fully saturated rings. The zero-order chi connectivity index (χ0) is 26.8. The number of benzene rings is 2. The second kappa shape index (κ2) is 11.0. The number of halogens is 4. The minimum absolute atomic E-state index is 0.0836. The molecule has 192 valence electrons. The molecule has 5 rings (SSSR count). The third kappa shape index (κ3) is 5.20. The van der Waals surface area contributed by atoms with Crippen LogP contribution >= 0.6 is 27.5 Å². The predicted molar refractivity (Wildman–Crippen MR) is 146 cm³/mol. The fraction of sp³-hybridized carbons (Fsp3) is 0.179. The normalized spacial score (nSPS) is 13.6. The first-order valence-electron chi connectivity index (χ1n) is 11.8. The summed E-state index contributed by atoms with van der Waals surface area (Å²) in [6.07, 6.45) is 5.56. The largest absolute Gasteiger partial charge is 0.333 e. The number of carbonyl (C=O) groups is 1. The third-order valence-electron chi connectivity index (χ3n) is 6.52. The second-order valence-electron chi connectivity index (χ2n) is 8.90. The topological polar surface area (TPSA) is 74.0 Å². The van der Waals surface area contributed by atoms with E-state index in [1.165, 1.54) is 12.1 Å². The third-order valence-corrected chi connectivity index (χ3v) is 7.34. The Morgan fingerprint density at radius 3 is 2.84 bits per heavy atom. The maximum absolute atomic E-state index is 14.2. The van der Waals surface area contributed by atoms with Crippen molar-refractivity contribution in [2.75, 3.05) is 13.1 Å². The molecule has 10 heteroatoms. The van der Waals surface area contributed by atoms with Gasteiger partial charge >= 0.3 is 6.03 Å². The summed E-state index contributed by atoms with van der Waals surface area (Å²) in [6, 6.07) is 13.7. The van der Waals surface area contributed by atoms with Crippen molar-refractivity contribution >= 4 is 50.5 Å². The lowest BCUT2D eigenvalue weighted by atomic mass is 10.0. The van der Waals surface area contributed by atoms with Crippen LogP contribution in [0, 0.1) is 23.0 Å². The molecule has 0 saturated heterocycles. The maximum Gasteiger partial charge on any atom is 0.326 e. The van der Waals surface area contributed by atoms with E-state index in [1.54, 1.807) is 47.2 Å². The zero-order valence-electron chi connectivity index (χ0n) is 20.0. The number of aromatic nitrogens is 2. The standard InChI is InChI=1S/C28H21BrClF2N5O/c29-22-6-4-19(26(31)27(22)32)2-1-10-36-11-8-23-21(16-36)20-5-3-17(14-33)12-24(20)37(23)28(38)35-15-18-7-9-34-25(30)13-18/h1-7,9,12-13H,8,10-11,15-16H2,(H,35,38)/b2-1+. The van der Waals surface area contributed by atoms with Crippen molar-refractivity contribution in [1.29, 1.82) is 5.26 Å². The molecule has 6 nitrogen and oxygen atoms in total. The SMILES string of the molecule is N#Cc1ccc2c3c(n(C(=O)NCc4ccnc(Cl)c4)c2c1)CCN(C/C=C/c1ccc(Br)c(F)c1F)C3. The molecule has 0 unspecified atom stereocenters. The van der Waals surface area contributed by atoms with E-state index in [9.17, 15) is 18.8 Å². The number of hydrogen-bond donors (Lipinski definition) is 1. The number of nitriles is 1. The molecular formula is C28H21BrClF2N5O. The minimum Gasteiger partial charge on any atom is -0.333 e. The van der Waals surface area contributed by atoms with Gasteiger partial charge in [0.2, 0.25) is 0 Å². The van der Waals surface area contributed by atoms with Gasteiger partial charge in [-0.2, -0.15) is 5.26 Å². The molecule has 0 radical (unpaired) electrons. The van der Waals surface area contributed by atoms with E-state index in [1.807, 2.05) is 6.07 Å². The molecule has 3 heterocycles. The fourth-order valence-corrected chi connectivity index (χ4v) is 5.18. The van der Waals surface area contributed by atoms with Crippen molar-refractivity contribution < 1.29 is 13.6 Å². The smallest absolute Gasteiger partial charge is 0.326 e. The lowest BCUT2D eigenvalue weighted by Gasteiger charge is -2.27. The molecule has 4 aromatic rings. The van der Waals surface area contributed by atoms with Gasteiger partial charge in [0, 0.05) is 55.4 Å². The first-order valence-corrected chi connectivity index (χ1v) is 13.0. The molecule has 0 atom stereocenters. The number of rotatable bonds is 5. The maximum atomic E-state index is 14.2. The Hall–Kier alpha value is -3.58. The fourth-order valence-electron chi connectivity index (χ4n) is 4.68. The predicted octanol–water partition coefficient (Wildman–Crippen LogP) is 6.43. The van der Waals surface area contributed by atoms with E-state index in [2.05, 4.69) is 37.2 Å². The summed E-state index contributed by atoms with van der Waals surface area (Å²) >= 11 is 8.95. The van der Waals surface area contributed by atoms with Gasteiger partial charge < -0.3 is 5.32 Å². The molecule has 2 aromatic carbocycles. The summed E-state index contributed by atoms with van der Waals surface area (Å²) in [7, 11) is 0. The Morgan fingerprint density at radius 2 is 2.05 bits per heavy atom. The zero-order valence-corrected chi connectivity index (χ0v) is 22.4. The lowest BCUT2D eigenvalue weighted by molar-refractivity contribution is 0.240. The van der Waals surface area contributed by atoms with Gasteiger partial charge in [0.1, 0.15) is 5.15 Å². The van der Waals surface area contributed by atoms with Crippen LogP contribution in [0.2, 0.25) is 5.15 Å². The Labute approximate surface area is 231 Å². The van der Waals surface area contributed by atoms with E-state index < -0.39 is 11.6 Å². The van der Waals surface area contributed by atoms with Gasteiger partial charge in [-0.15, -0.1) is 0 Å². The summed E-state index contributed by atoms with van der Waals surface area (Å²) in [6.45, 7) is 2.04. The van der Waals surface area contributed by atoms with Crippen molar-refractivity contribution in [3.63, 3.8) is 0 Å². The molecule has 38 heavy (non-hydrogen) atoms. The molecule has 1 amide bonds. The van der Waals surface area contributed by atoms with Gasteiger partial charge in [-0.3, -0.25) is 9.47 Å². The molecule has 2 aromatic heterocycles. The minimum atomic E-state index is -0.912. The van der Waals surface area contributed by atoms with E-state index in [0.29, 0.717) is 42.3 Å². The van der Waals surface area contributed by atoms with E-state index in [4.69, 9.17) is 11.6 Å². The van der Waals surface area contributed by atoms with Crippen LogP contribution in [0.1, 0.15) is 27.9 Å². The average molecular weight is 597 g/mol. The Morgan fingerprint density at radius 1 is 1.21 bits per heavy atom. The lowest BCUT2D eigenvalue weighted by Crippen LogP contribution is -2.34. The second-order valence-corrected chi connectivity index (χ2v) is 10.1. The average Bonchev–Trinajstić information content (AvgIpc) is 3.24. The van der Waals surface area contributed by atoms with Gasteiger partial charge in [-0.25, -0.2) is 18.6 Å². The van der Waals surface area contributed by atoms with Gasteiger partial charge in [0.05, 0.1) is 21.6 Å². The number of nitrogens with one attached hydrogen (secondary N) is 1. The van der Waals surface area contributed by atoms with E-state index in [0.717, 1.165) is 22.2 Å². The summed E-state index contributed by atoms with van der Waals surface area (Å²) < 4.78 is 29.8. The Kier molecular flexibility index (Phi) is 7.56. The van der Waals surface area contributed by atoms with Crippen LogP contribution in [0.5, 0.6) is 0 Å². The van der Waals surface area contributed by atoms with Gasteiger partial charge in [0.25, 0.3) is 0 Å². The van der Waals surface area contributed by atoms with Crippen molar-refractivity contribution in [3.8, 4) is 6.07 Å². The van der Waals surface area contributed by atoms with Gasteiger partial charge in [0.15, 0.2) is 11.6 Å². The number of hydrogen-bond acceptors (Lipinski definition) is 4. The van der Waals surface area contributed by atoms with Gasteiger partial charge in [-0.1, -0.05) is 35.9 Å².